The van der Waals surface area contributed by atoms with Crippen molar-refractivity contribution in [2.75, 3.05) is 12.4 Å². The number of hydrogen-bond acceptors (Lipinski definition) is 7. The number of hydrogen-bond donors (Lipinski definition) is 1. The number of methoxy groups -OCH3 is 1. The van der Waals surface area contributed by atoms with E-state index in [2.05, 4.69) is 20.3 Å². The highest BCUT2D eigenvalue weighted by Gasteiger charge is 2.13. The first kappa shape index (κ1) is 19.1. The topological polar surface area (TPSA) is 69.2 Å². The van der Waals surface area contributed by atoms with Gasteiger partial charge in [0.05, 0.1) is 29.0 Å². The molecule has 0 radical (unpaired) electrons. The lowest BCUT2D eigenvalue weighted by Gasteiger charge is -2.14. The highest BCUT2D eigenvalue weighted by molar-refractivity contribution is 7.09. The summed E-state index contributed by atoms with van der Waals surface area (Å²) in [5.74, 6) is 1.23. The average molecular weight is 410 g/mol. The number of aromatic nitrogens is 3. The van der Waals surface area contributed by atoms with Crippen LogP contribution >= 0.6 is 11.3 Å². The molecule has 2 aromatic heterocycles. The van der Waals surface area contributed by atoms with E-state index in [0.29, 0.717) is 40.5 Å². The number of nitrogens with zero attached hydrogens (tertiary/aromatic N) is 3. The zero-order valence-corrected chi connectivity index (χ0v) is 17.0. The van der Waals surface area contributed by atoms with E-state index in [1.54, 1.807) is 36.6 Å². The van der Waals surface area contributed by atoms with Crippen molar-refractivity contribution in [3.63, 3.8) is 0 Å². The first-order valence-corrected chi connectivity index (χ1v) is 9.81. The number of benzene rings is 2. The number of halogens is 1. The fourth-order valence-corrected chi connectivity index (χ4v) is 3.51. The summed E-state index contributed by atoms with van der Waals surface area (Å²) in [5, 5.41) is 6.69. The van der Waals surface area contributed by atoms with Gasteiger partial charge in [-0.05, 0) is 37.6 Å². The summed E-state index contributed by atoms with van der Waals surface area (Å²) in [6.45, 7) is 4.12. The predicted molar refractivity (Wildman–Crippen MR) is 112 cm³/mol. The summed E-state index contributed by atoms with van der Waals surface area (Å²) in [4.78, 5) is 13.0. The van der Waals surface area contributed by atoms with Gasteiger partial charge in [-0.3, -0.25) is 0 Å². The Hall–Kier alpha value is -3.26. The summed E-state index contributed by atoms with van der Waals surface area (Å²) in [6.07, 6.45) is 1.43. The van der Waals surface area contributed by atoms with E-state index in [1.807, 2.05) is 25.3 Å². The lowest BCUT2D eigenvalue weighted by Crippen LogP contribution is -2.01. The van der Waals surface area contributed by atoms with Gasteiger partial charge >= 0.3 is 0 Å². The minimum Gasteiger partial charge on any atom is -0.493 e. The van der Waals surface area contributed by atoms with Crippen LogP contribution in [0.5, 0.6) is 11.5 Å². The lowest BCUT2D eigenvalue weighted by atomic mass is 10.2. The van der Waals surface area contributed by atoms with Gasteiger partial charge in [-0.2, -0.15) is 0 Å². The number of ether oxygens (including phenoxy) is 2. The molecule has 4 aromatic rings. The molecule has 0 saturated carbocycles. The van der Waals surface area contributed by atoms with Crippen molar-refractivity contribution in [1.29, 1.82) is 0 Å². The molecule has 148 valence electrons. The Labute approximate surface area is 171 Å². The Morgan fingerprint density at radius 3 is 2.69 bits per heavy atom. The molecular formula is C21H19FN4O2S. The molecule has 4 rings (SSSR count). The molecule has 0 aliphatic heterocycles. The Kier molecular flexibility index (Phi) is 5.26. The number of anilines is 2. The van der Waals surface area contributed by atoms with Crippen molar-refractivity contribution in [2.24, 2.45) is 0 Å². The number of fused-ring (bicyclic) bond motifs is 1. The van der Waals surface area contributed by atoms with Crippen LogP contribution in [0.2, 0.25) is 0 Å². The first-order chi connectivity index (χ1) is 14.0. The maximum Gasteiger partial charge on any atom is 0.163 e. The number of thiazole rings is 1. The summed E-state index contributed by atoms with van der Waals surface area (Å²) in [7, 11) is 1.57. The van der Waals surface area contributed by atoms with Crippen LogP contribution in [0, 0.1) is 19.7 Å². The molecule has 29 heavy (non-hydrogen) atoms. The molecule has 8 heteroatoms. The molecule has 0 saturated heterocycles. The molecule has 0 aliphatic carbocycles. The first-order valence-electron chi connectivity index (χ1n) is 8.93. The summed E-state index contributed by atoms with van der Waals surface area (Å²) in [6, 6.07) is 8.56. The zero-order chi connectivity index (χ0) is 20.4. The standard InChI is InChI=1S/C21H19FN4O2S/c1-12-4-5-17(16(22)6-12)26-21-15-7-19(27-3)20(8-18(15)23-11-24-21)28-9-14-10-29-13(2)25-14/h4-8,10-11H,9H2,1-3H3,(H,23,24,26). The third kappa shape index (κ3) is 4.12. The molecule has 0 unspecified atom stereocenters. The monoisotopic (exact) mass is 410 g/mol. The Balaban J connectivity index is 1.67. The summed E-state index contributed by atoms with van der Waals surface area (Å²) in [5.41, 5.74) is 2.70. The molecule has 0 amide bonds. The second kappa shape index (κ2) is 8.00. The molecule has 0 spiro atoms. The zero-order valence-electron chi connectivity index (χ0n) is 16.2. The summed E-state index contributed by atoms with van der Waals surface area (Å²) < 4.78 is 25.6. The number of aryl methyl sites for hydroxylation is 2. The Morgan fingerprint density at radius 2 is 1.97 bits per heavy atom. The third-order valence-electron chi connectivity index (χ3n) is 4.34. The van der Waals surface area contributed by atoms with Gasteiger partial charge in [0.1, 0.15) is 24.6 Å². The van der Waals surface area contributed by atoms with Crippen molar-refractivity contribution in [3.05, 3.63) is 64.1 Å². The van der Waals surface area contributed by atoms with Crippen LogP contribution < -0.4 is 14.8 Å². The highest BCUT2D eigenvalue weighted by atomic mass is 32.1. The van der Waals surface area contributed by atoms with E-state index in [-0.39, 0.29) is 5.82 Å². The van der Waals surface area contributed by atoms with Gasteiger partial charge in [0, 0.05) is 16.8 Å². The lowest BCUT2D eigenvalue weighted by molar-refractivity contribution is 0.282. The van der Waals surface area contributed by atoms with Gasteiger partial charge in [-0.1, -0.05) is 6.07 Å². The van der Waals surface area contributed by atoms with Crippen molar-refractivity contribution in [3.8, 4) is 11.5 Å². The van der Waals surface area contributed by atoms with Crippen LogP contribution in [-0.4, -0.2) is 22.1 Å². The molecule has 0 aliphatic rings. The molecule has 2 aromatic carbocycles. The highest BCUT2D eigenvalue weighted by Crippen LogP contribution is 2.35. The number of rotatable bonds is 6. The van der Waals surface area contributed by atoms with E-state index >= 15 is 0 Å². The fourth-order valence-electron chi connectivity index (χ4n) is 2.91. The van der Waals surface area contributed by atoms with Gasteiger partial charge in [-0.15, -0.1) is 11.3 Å². The largest absolute Gasteiger partial charge is 0.493 e. The van der Waals surface area contributed by atoms with Crippen molar-refractivity contribution >= 4 is 33.7 Å². The predicted octanol–water partition coefficient (Wildman–Crippen LogP) is 5.17. The van der Waals surface area contributed by atoms with Gasteiger partial charge in [0.25, 0.3) is 0 Å². The van der Waals surface area contributed by atoms with E-state index in [4.69, 9.17) is 9.47 Å². The van der Waals surface area contributed by atoms with Crippen molar-refractivity contribution in [2.45, 2.75) is 20.5 Å². The van der Waals surface area contributed by atoms with E-state index in [9.17, 15) is 4.39 Å². The maximum absolute atomic E-state index is 14.3. The minimum absolute atomic E-state index is 0.330. The normalized spacial score (nSPS) is 10.9. The van der Waals surface area contributed by atoms with Crippen molar-refractivity contribution < 1.29 is 13.9 Å². The van der Waals surface area contributed by atoms with Crippen LogP contribution in [0.25, 0.3) is 10.9 Å². The van der Waals surface area contributed by atoms with Crippen LogP contribution in [0.1, 0.15) is 16.3 Å². The Morgan fingerprint density at radius 1 is 1.10 bits per heavy atom. The smallest absolute Gasteiger partial charge is 0.163 e. The van der Waals surface area contributed by atoms with Gasteiger partial charge in [0.15, 0.2) is 11.5 Å². The molecule has 0 atom stereocenters. The van der Waals surface area contributed by atoms with E-state index in [0.717, 1.165) is 16.3 Å². The number of nitrogens with one attached hydrogen (secondary N) is 1. The van der Waals surface area contributed by atoms with Crippen LogP contribution in [-0.2, 0) is 6.61 Å². The second-order valence-electron chi connectivity index (χ2n) is 6.50. The molecule has 0 bridgehead atoms. The van der Waals surface area contributed by atoms with E-state index in [1.165, 1.54) is 12.4 Å². The fraction of sp³-hybridized carbons (Fsp3) is 0.190. The SMILES string of the molecule is COc1cc2c(Nc3ccc(C)cc3F)ncnc2cc1OCc1csc(C)n1. The average Bonchev–Trinajstić information content (AvgIpc) is 3.13. The van der Waals surface area contributed by atoms with Crippen LogP contribution in [0.15, 0.2) is 42.0 Å². The van der Waals surface area contributed by atoms with Gasteiger partial charge in [-0.25, -0.2) is 19.3 Å². The third-order valence-corrected chi connectivity index (χ3v) is 5.16. The van der Waals surface area contributed by atoms with Crippen LogP contribution in [0.4, 0.5) is 15.9 Å². The molecular weight excluding hydrogens is 391 g/mol. The Bertz CT molecular complexity index is 1180. The van der Waals surface area contributed by atoms with Gasteiger partial charge in [0.2, 0.25) is 0 Å². The minimum atomic E-state index is -0.345. The molecule has 1 N–H and O–H groups in total. The summed E-state index contributed by atoms with van der Waals surface area (Å²) >= 11 is 1.57. The van der Waals surface area contributed by atoms with Gasteiger partial charge < -0.3 is 14.8 Å². The van der Waals surface area contributed by atoms with E-state index < -0.39 is 0 Å². The second-order valence-corrected chi connectivity index (χ2v) is 7.56. The maximum atomic E-state index is 14.3. The van der Waals surface area contributed by atoms with Crippen molar-refractivity contribution in [1.82, 2.24) is 15.0 Å². The molecule has 6 nitrogen and oxygen atoms in total. The van der Waals surface area contributed by atoms with Crippen LogP contribution in [0.3, 0.4) is 0 Å². The molecule has 0 fully saturated rings. The quantitative estimate of drug-likeness (QED) is 0.473. The molecule has 2 heterocycles.